The normalized spacial score (nSPS) is 10.2. The number of unbranched alkanes of at least 4 members (excludes halogenated alkanes) is 13. The Morgan fingerprint density at radius 2 is 0.824 bits per heavy atom. The largest absolute Gasteiger partial charge is 0.269 e. The summed E-state index contributed by atoms with van der Waals surface area (Å²) in [7, 11) is 0. The summed E-state index contributed by atoms with van der Waals surface area (Å²) in [6, 6.07) is 0. The van der Waals surface area contributed by atoms with E-state index in [1.807, 2.05) is 0 Å². The minimum Gasteiger partial charge on any atom is -0.269 e. The maximum atomic E-state index is 3.87. The molecule has 0 rings (SSSR count). The Balaban J connectivity index is 0. The number of hydrogen-bond donors (Lipinski definition) is 0. The third-order valence-corrected chi connectivity index (χ3v) is 3.35. The summed E-state index contributed by atoms with van der Waals surface area (Å²) in [6.07, 6.45) is 19.8. The number of rotatable bonds is 13. The zero-order valence-corrected chi connectivity index (χ0v) is 12.0. The molecule has 0 atom stereocenters. The van der Waals surface area contributed by atoms with Crippen LogP contribution in [-0.2, 0) is 0 Å². The van der Waals surface area contributed by atoms with Crippen molar-refractivity contribution in [1.82, 2.24) is 0 Å². The molecule has 1 heteroatoms. The van der Waals surface area contributed by atoms with Crippen LogP contribution < -0.4 is 0 Å². The number of halogens is 1. The molecule has 0 fully saturated rings. The fraction of sp³-hybridized carbons (Fsp3) is 0.938. The molecule has 0 aliphatic carbocycles. The van der Waals surface area contributed by atoms with Crippen LogP contribution in [0.15, 0.2) is 0 Å². The molecular formula is C16H34F. The Labute approximate surface area is 109 Å². The molecule has 0 N–H and O–H groups in total. The maximum Gasteiger partial charge on any atom is -0.0533 e. The van der Waals surface area contributed by atoms with Crippen LogP contribution >= 0.6 is 0 Å². The van der Waals surface area contributed by atoms with Gasteiger partial charge in [-0.05, 0) is 0 Å². The molecule has 0 aliphatic heterocycles. The highest BCUT2D eigenvalue weighted by molar-refractivity contribution is 4.49. The predicted molar refractivity (Wildman–Crippen MR) is 78.2 cm³/mol. The maximum absolute atomic E-state index is 3.87. The van der Waals surface area contributed by atoms with Crippen molar-refractivity contribution in [2.45, 2.75) is 96.8 Å². The Morgan fingerprint density at radius 3 is 1.12 bits per heavy atom. The molecule has 0 saturated heterocycles. The standard InChI is InChI=1S/C16H33.FH/c1-3-5-7-9-11-13-15-16-14-12-10-8-6-4-2;/h1,3-16H2,2H3;1H. The fourth-order valence-corrected chi connectivity index (χ4v) is 2.19. The van der Waals surface area contributed by atoms with Crippen molar-refractivity contribution < 1.29 is 4.70 Å². The van der Waals surface area contributed by atoms with Gasteiger partial charge in [-0.25, -0.2) is 0 Å². The first-order valence-electron chi connectivity index (χ1n) is 7.71. The van der Waals surface area contributed by atoms with Gasteiger partial charge in [-0.15, -0.1) is 0 Å². The van der Waals surface area contributed by atoms with Gasteiger partial charge in [0, 0.05) is 0 Å². The molecule has 17 heavy (non-hydrogen) atoms. The zero-order chi connectivity index (χ0) is 11.9. The topological polar surface area (TPSA) is 0 Å². The highest BCUT2D eigenvalue weighted by atomic mass is 19.0. The van der Waals surface area contributed by atoms with Gasteiger partial charge in [0.2, 0.25) is 0 Å². The highest BCUT2D eigenvalue weighted by Crippen LogP contribution is 2.12. The van der Waals surface area contributed by atoms with Gasteiger partial charge in [0.15, 0.2) is 0 Å². The van der Waals surface area contributed by atoms with Crippen molar-refractivity contribution in [2.24, 2.45) is 0 Å². The first kappa shape index (κ1) is 19.3. The summed E-state index contributed by atoms with van der Waals surface area (Å²) < 4.78 is 0. The van der Waals surface area contributed by atoms with Crippen LogP contribution in [0.4, 0.5) is 4.70 Å². The third kappa shape index (κ3) is 18.5. The number of hydrogen-bond acceptors (Lipinski definition) is 0. The fourth-order valence-electron chi connectivity index (χ4n) is 2.19. The molecular weight excluding hydrogens is 211 g/mol. The van der Waals surface area contributed by atoms with E-state index in [-0.39, 0.29) is 4.70 Å². The molecule has 0 bridgehead atoms. The average Bonchev–Trinajstić information content (AvgIpc) is 2.31. The predicted octanol–water partition coefficient (Wildman–Crippen LogP) is 6.45. The lowest BCUT2D eigenvalue weighted by Crippen LogP contribution is -1.82. The van der Waals surface area contributed by atoms with E-state index in [1.54, 1.807) is 0 Å². The van der Waals surface area contributed by atoms with Gasteiger partial charge in [-0.2, -0.15) is 0 Å². The van der Waals surface area contributed by atoms with Gasteiger partial charge in [-0.1, -0.05) is 104 Å². The van der Waals surface area contributed by atoms with E-state index in [0.29, 0.717) is 0 Å². The highest BCUT2D eigenvalue weighted by Gasteiger charge is 1.92. The molecule has 0 nitrogen and oxygen atoms in total. The lowest BCUT2D eigenvalue weighted by molar-refractivity contribution is 0.540. The van der Waals surface area contributed by atoms with Crippen molar-refractivity contribution in [3.05, 3.63) is 6.92 Å². The second-order valence-electron chi connectivity index (χ2n) is 5.10. The van der Waals surface area contributed by atoms with Crippen LogP contribution in [0.1, 0.15) is 96.8 Å². The van der Waals surface area contributed by atoms with Gasteiger partial charge in [0.25, 0.3) is 0 Å². The summed E-state index contributed by atoms with van der Waals surface area (Å²) in [5.41, 5.74) is 0. The van der Waals surface area contributed by atoms with Crippen molar-refractivity contribution in [3.63, 3.8) is 0 Å². The van der Waals surface area contributed by atoms with E-state index in [4.69, 9.17) is 0 Å². The lowest BCUT2D eigenvalue weighted by Gasteiger charge is -2.02. The molecule has 0 aromatic carbocycles. The summed E-state index contributed by atoms with van der Waals surface area (Å²) in [6.45, 7) is 6.16. The van der Waals surface area contributed by atoms with Crippen LogP contribution in [0.3, 0.4) is 0 Å². The van der Waals surface area contributed by atoms with Crippen LogP contribution in [0, 0.1) is 6.92 Å². The van der Waals surface area contributed by atoms with Gasteiger partial charge in [0.05, 0.1) is 0 Å². The zero-order valence-electron chi connectivity index (χ0n) is 12.0. The molecule has 0 aromatic heterocycles. The van der Waals surface area contributed by atoms with Crippen LogP contribution in [0.5, 0.6) is 0 Å². The molecule has 0 unspecified atom stereocenters. The average molecular weight is 245 g/mol. The van der Waals surface area contributed by atoms with Gasteiger partial charge < -0.3 is 0 Å². The quantitative estimate of drug-likeness (QED) is 0.327. The van der Waals surface area contributed by atoms with Crippen molar-refractivity contribution in [1.29, 1.82) is 0 Å². The smallest absolute Gasteiger partial charge is 0.0533 e. The molecule has 105 valence electrons. The first-order valence-corrected chi connectivity index (χ1v) is 7.71. The molecule has 0 spiro atoms. The minimum atomic E-state index is 0. The van der Waals surface area contributed by atoms with E-state index in [2.05, 4.69) is 13.8 Å². The van der Waals surface area contributed by atoms with E-state index >= 15 is 0 Å². The summed E-state index contributed by atoms with van der Waals surface area (Å²) >= 11 is 0. The molecule has 0 aromatic rings. The Morgan fingerprint density at radius 1 is 0.529 bits per heavy atom. The molecule has 0 saturated carbocycles. The van der Waals surface area contributed by atoms with E-state index in [9.17, 15) is 0 Å². The van der Waals surface area contributed by atoms with Crippen molar-refractivity contribution >= 4 is 0 Å². The Kier molecular flexibility index (Phi) is 20.7. The van der Waals surface area contributed by atoms with Gasteiger partial charge >= 0.3 is 0 Å². The van der Waals surface area contributed by atoms with Crippen molar-refractivity contribution in [3.8, 4) is 0 Å². The van der Waals surface area contributed by atoms with Crippen molar-refractivity contribution in [2.75, 3.05) is 0 Å². The van der Waals surface area contributed by atoms with E-state index < -0.39 is 0 Å². The third-order valence-electron chi connectivity index (χ3n) is 3.35. The summed E-state index contributed by atoms with van der Waals surface area (Å²) in [4.78, 5) is 0. The lowest BCUT2D eigenvalue weighted by atomic mass is 10.0. The van der Waals surface area contributed by atoms with Crippen LogP contribution in [-0.4, -0.2) is 0 Å². The summed E-state index contributed by atoms with van der Waals surface area (Å²) in [5, 5.41) is 0. The van der Waals surface area contributed by atoms with Gasteiger partial charge in [0.1, 0.15) is 0 Å². The SMILES string of the molecule is F.[CH2]CCCCCCCCCCCCCCC. The minimum absolute atomic E-state index is 0. The molecule has 0 amide bonds. The van der Waals surface area contributed by atoms with Crippen LogP contribution in [0.25, 0.3) is 0 Å². The molecule has 0 heterocycles. The van der Waals surface area contributed by atoms with Crippen LogP contribution in [0.2, 0.25) is 0 Å². The monoisotopic (exact) mass is 245 g/mol. The van der Waals surface area contributed by atoms with E-state index in [1.165, 1.54) is 83.5 Å². The first-order chi connectivity index (χ1) is 7.91. The second-order valence-corrected chi connectivity index (χ2v) is 5.10. The Hall–Kier alpha value is -0.0700. The van der Waals surface area contributed by atoms with E-state index in [0.717, 1.165) is 6.42 Å². The Bertz CT molecular complexity index is 98.1. The molecule has 1 radical (unpaired) electrons. The molecule has 0 aliphatic rings. The summed E-state index contributed by atoms with van der Waals surface area (Å²) in [5.74, 6) is 0. The van der Waals surface area contributed by atoms with Gasteiger partial charge in [-0.3, -0.25) is 4.70 Å². The second kappa shape index (κ2) is 18.3.